The normalized spacial score (nSPS) is 11.3. The van der Waals surface area contributed by atoms with Crippen molar-refractivity contribution in [2.24, 2.45) is 7.05 Å². The average Bonchev–Trinajstić information content (AvgIpc) is 3.29. The summed E-state index contributed by atoms with van der Waals surface area (Å²) >= 11 is 0. The van der Waals surface area contributed by atoms with Crippen molar-refractivity contribution >= 4 is 17.6 Å². The van der Waals surface area contributed by atoms with E-state index in [-0.39, 0.29) is 34.3 Å². The lowest BCUT2D eigenvalue weighted by atomic mass is 9.99. The van der Waals surface area contributed by atoms with E-state index in [0.717, 1.165) is 13.2 Å². The van der Waals surface area contributed by atoms with Crippen LogP contribution >= 0.6 is 0 Å². The Hall–Kier alpha value is -4.61. The Morgan fingerprint density at radius 3 is 2.44 bits per heavy atom. The quantitative estimate of drug-likeness (QED) is 0.315. The van der Waals surface area contributed by atoms with Crippen LogP contribution < -0.4 is 5.32 Å². The van der Waals surface area contributed by atoms with Crippen molar-refractivity contribution < 1.29 is 31.9 Å². The number of hydrogen-bond acceptors (Lipinski definition) is 6. The van der Waals surface area contributed by atoms with Gasteiger partial charge in [-0.15, -0.1) is 0 Å². The first-order chi connectivity index (χ1) is 17.1. The molecular formula is C24H17F4N5O3. The Morgan fingerprint density at radius 1 is 1.06 bits per heavy atom. The van der Waals surface area contributed by atoms with E-state index >= 15 is 0 Å². The Bertz CT molecular complexity index is 1450. The van der Waals surface area contributed by atoms with Crippen molar-refractivity contribution in [3.8, 4) is 22.5 Å². The molecule has 1 aromatic carbocycles. The van der Waals surface area contributed by atoms with Crippen LogP contribution in [0, 0.1) is 5.82 Å². The number of pyridine rings is 2. The molecule has 0 aliphatic rings. The summed E-state index contributed by atoms with van der Waals surface area (Å²) in [5.41, 5.74) is -2.15. The van der Waals surface area contributed by atoms with E-state index in [1.165, 1.54) is 42.6 Å². The Balaban J connectivity index is 1.82. The molecule has 1 amide bonds. The predicted octanol–water partition coefficient (Wildman–Crippen LogP) is 4.74. The van der Waals surface area contributed by atoms with Gasteiger partial charge in [0.25, 0.3) is 5.91 Å². The van der Waals surface area contributed by atoms with Crippen LogP contribution in [-0.4, -0.2) is 38.7 Å². The molecule has 0 aliphatic carbocycles. The van der Waals surface area contributed by atoms with Gasteiger partial charge in [0.15, 0.2) is 0 Å². The molecule has 36 heavy (non-hydrogen) atoms. The highest BCUT2D eigenvalue weighted by Crippen LogP contribution is 2.38. The number of hydrogen-bond donors (Lipinski definition) is 1. The van der Waals surface area contributed by atoms with E-state index in [2.05, 4.69) is 20.4 Å². The van der Waals surface area contributed by atoms with Gasteiger partial charge in [0.1, 0.15) is 5.82 Å². The number of amides is 1. The van der Waals surface area contributed by atoms with Crippen molar-refractivity contribution in [3.05, 3.63) is 83.7 Å². The fraction of sp³-hybridized carbons (Fsp3) is 0.125. The number of nitrogens with one attached hydrogen (secondary N) is 1. The maximum absolute atomic E-state index is 14.8. The lowest BCUT2D eigenvalue weighted by Crippen LogP contribution is -2.18. The van der Waals surface area contributed by atoms with Crippen LogP contribution in [0.1, 0.15) is 26.3 Å². The van der Waals surface area contributed by atoms with Crippen LogP contribution in [-0.2, 0) is 18.0 Å². The highest BCUT2D eigenvalue weighted by Gasteiger charge is 2.36. The van der Waals surface area contributed by atoms with E-state index in [0.29, 0.717) is 0 Å². The van der Waals surface area contributed by atoms with Crippen LogP contribution in [0.4, 0.5) is 23.2 Å². The minimum atomic E-state index is -4.90. The Kier molecular flexibility index (Phi) is 6.51. The van der Waals surface area contributed by atoms with E-state index in [1.54, 1.807) is 18.2 Å². The highest BCUT2D eigenvalue weighted by atomic mass is 19.4. The second-order valence-corrected chi connectivity index (χ2v) is 7.52. The van der Waals surface area contributed by atoms with Crippen molar-refractivity contribution in [1.29, 1.82) is 0 Å². The van der Waals surface area contributed by atoms with Crippen LogP contribution in [0.25, 0.3) is 22.5 Å². The Labute approximate surface area is 201 Å². The maximum atomic E-state index is 14.8. The number of carbonyl (C=O) groups excluding carboxylic acids is 2. The van der Waals surface area contributed by atoms with Gasteiger partial charge in [-0.1, -0.05) is 6.07 Å². The third-order valence-corrected chi connectivity index (χ3v) is 5.17. The first-order valence-electron chi connectivity index (χ1n) is 10.3. The van der Waals surface area contributed by atoms with Crippen molar-refractivity contribution in [2.45, 2.75) is 6.18 Å². The molecule has 4 aromatic rings. The van der Waals surface area contributed by atoms with Gasteiger partial charge in [0.05, 0.1) is 47.1 Å². The van der Waals surface area contributed by atoms with Crippen molar-refractivity contribution in [1.82, 2.24) is 19.7 Å². The summed E-state index contributed by atoms with van der Waals surface area (Å²) in [5, 5.41) is 6.39. The summed E-state index contributed by atoms with van der Waals surface area (Å²) in [6.07, 6.45) is 0.395. The number of halogens is 4. The topological polar surface area (TPSA) is 99.0 Å². The number of alkyl halides is 3. The lowest BCUT2D eigenvalue weighted by Gasteiger charge is -2.16. The molecule has 0 aliphatic heterocycles. The zero-order chi connectivity index (χ0) is 26.0. The summed E-state index contributed by atoms with van der Waals surface area (Å²) in [5.74, 6) is -3.23. The molecule has 4 rings (SSSR count). The molecule has 1 N–H and O–H groups in total. The minimum absolute atomic E-state index is 0.0275. The third-order valence-electron chi connectivity index (χ3n) is 5.17. The number of carbonyl (C=O) groups is 2. The summed E-state index contributed by atoms with van der Waals surface area (Å²) in [6.45, 7) is 0. The average molecular weight is 499 g/mol. The third kappa shape index (κ3) is 4.78. The molecule has 0 saturated heterocycles. The molecule has 3 heterocycles. The van der Waals surface area contributed by atoms with Gasteiger partial charge < -0.3 is 10.1 Å². The minimum Gasteiger partial charge on any atom is -0.465 e. The molecule has 184 valence electrons. The molecule has 0 saturated carbocycles. The summed E-state index contributed by atoms with van der Waals surface area (Å²) in [6, 6.07) is 7.19. The summed E-state index contributed by atoms with van der Waals surface area (Å²) < 4.78 is 61.8. The van der Waals surface area contributed by atoms with Gasteiger partial charge in [-0.2, -0.15) is 18.3 Å². The van der Waals surface area contributed by atoms with Gasteiger partial charge in [-0.3, -0.25) is 19.4 Å². The molecule has 12 heteroatoms. The first kappa shape index (κ1) is 24.5. The number of methoxy groups -OCH3 is 1. The number of aryl methyl sites for hydroxylation is 1. The zero-order valence-corrected chi connectivity index (χ0v) is 18.8. The highest BCUT2D eigenvalue weighted by molar-refractivity contribution is 6.09. The van der Waals surface area contributed by atoms with Crippen molar-refractivity contribution in [3.63, 3.8) is 0 Å². The number of aromatic nitrogens is 4. The van der Waals surface area contributed by atoms with Gasteiger partial charge in [-0.25, -0.2) is 9.18 Å². The predicted molar refractivity (Wildman–Crippen MR) is 120 cm³/mol. The second kappa shape index (κ2) is 9.56. The molecule has 0 atom stereocenters. The van der Waals surface area contributed by atoms with Crippen LogP contribution in [0.15, 0.2) is 61.2 Å². The molecule has 0 bridgehead atoms. The van der Waals surface area contributed by atoms with E-state index in [9.17, 15) is 27.2 Å². The van der Waals surface area contributed by atoms with Gasteiger partial charge in [0.2, 0.25) is 0 Å². The molecular weight excluding hydrogens is 482 g/mol. The number of benzene rings is 1. The smallest absolute Gasteiger partial charge is 0.417 e. The molecule has 0 radical (unpaired) electrons. The SMILES string of the molecule is COC(=O)c1cncc(NC(=O)c2cc(-c3ccn(C)n3)c(C(F)(F)F)cc2F)c1-c1ccccn1. The molecule has 0 fully saturated rings. The molecule has 0 spiro atoms. The number of anilines is 1. The van der Waals surface area contributed by atoms with E-state index in [4.69, 9.17) is 4.74 Å². The number of rotatable bonds is 5. The van der Waals surface area contributed by atoms with Crippen LogP contribution in [0.2, 0.25) is 0 Å². The van der Waals surface area contributed by atoms with Gasteiger partial charge in [-0.05, 0) is 30.3 Å². The van der Waals surface area contributed by atoms with Gasteiger partial charge in [0, 0.05) is 36.8 Å². The number of ether oxygens (including phenoxy) is 1. The molecule has 8 nitrogen and oxygen atoms in total. The number of esters is 1. The lowest BCUT2D eigenvalue weighted by molar-refractivity contribution is -0.137. The summed E-state index contributed by atoms with van der Waals surface area (Å²) in [7, 11) is 2.67. The fourth-order valence-corrected chi connectivity index (χ4v) is 3.55. The van der Waals surface area contributed by atoms with Gasteiger partial charge >= 0.3 is 12.1 Å². The standard InChI is InChI=1S/C24H17F4N5O3/c1-33-8-6-18(32-33)13-9-14(17(25)10-16(13)24(26,27)28)22(34)31-20-12-29-11-15(23(35)36-2)21(20)19-5-3-4-7-30-19/h3-12H,1-2H3,(H,31,34). The monoisotopic (exact) mass is 499 g/mol. The molecule has 0 unspecified atom stereocenters. The van der Waals surface area contributed by atoms with Crippen molar-refractivity contribution in [2.75, 3.05) is 12.4 Å². The largest absolute Gasteiger partial charge is 0.465 e. The second-order valence-electron chi connectivity index (χ2n) is 7.52. The van der Waals surface area contributed by atoms with Crippen LogP contribution in [0.5, 0.6) is 0 Å². The first-order valence-corrected chi connectivity index (χ1v) is 10.3. The number of nitrogens with zero attached hydrogens (tertiary/aromatic N) is 4. The van der Waals surface area contributed by atoms with E-state index < -0.39 is 40.6 Å². The molecule has 3 aromatic heterocycles. The zero-order valence-electron chi connectivity index (χ0n) is 18.8. The van der Waals surface area contributed by atoms with Crippen LogP contribution in [0.3, 0.4) is 0 Å². The Morgan fingerprint density at radius 2 is 1.83 bits per heavy atom. The fourth-order valence-electron chi connectivity index (χ4n) is 3.55. The summed E-state index contributed by atoms with van der Waals surface area (Å²) in [4.78, 5) is 33.5. The van der Waals surface area contributed by atoms with E-state index in [1.807, 2.05) is 0 Å². The maximum Gasteiger partial charge on any atom is 0.417 e.